The number of carbonyl (C=O) groups excluding carboxylic acids is 1. The molecule has 0 aromatic carbocycles. The molecule has 1 atom stereocenters. The molecule has 1 amide bonds. The number of hydrogen-bond donors (Lipinski definition) is 1. The molecule has 0 spiro atoms. The number of carbonyl (C=O) groups is 1. The topological polar surface area (TPSA) is 49.8 Å². The fourth-order valence-electron chi connectivity index (χ4n) is 1.47. The van der Waals surface area contributed by atoms with Gasteiger partial charge in [0.2, 0.25) is 5.91 Å². The van der Waals surface area contributed by atoms with Crippen LogP contribution in [-0.4, -0.2) is 49.3 Å². The zero-order chi connectivity index (χ0) is 13.5. The quantitative estimate of drug-likeness (QED) is 0.797. The maximum absolute atomic E-state index is 11.8. The number of aryl methyl sites for hydroxylation is 1. The maximum Gasteiger partial charge on any atom is 0.246 e. The van der Waals surface area contributed by atoms with Gasteiger partial charge < -0.3 is 14.7 Å². The molecule has 0 saturated carbocycles. The van der Waals surface area contributed by atoms with Crippen molar-refractivity contribution < 1.29 is 14.6 Å². The fourth-order valence-corrected chi connectivity index (χ4v) is 2.25. The molecule has 1 unspecified atom stereocenters. The molecule has 0 fully saturated rings. The number of aliphatic hydroxyl groups is 1. The standard InChI is InChI=1S/C13H19NO3S/c1-10-4-5-12(18-10)6-7-13(16)14(2)8-11(15)9-17-3/h4-7,11,15H,8-9H2,1-3H3/b7-6+. The number of rotatable bonds is 6. The summed E-state index contributed by atoms with van der Waals surface area (Å²) in [6, 6.07) is 3.99. The van der Waals surface area contributed by atoms with Gasteiger partial charge in [-0.1, -0.05) is 0 Å². The van der Waals surface area contributed by atoms with Crippen molar-refractivity contribution in [2.24, 2.45) is 0 Å². The molecule has 0 aliphatic heterocycles. The summed E-state index contributed by atoms with van der Waals surface area (Å²) in [6.07, 6.45) is 2.66. The zero-order valence-electron chi connectivity index (χ0n) is 10.9. The Hall–Kier alpha value is -1.17. The third kappa shape index (κ3) is 5.00. The highest BCUT2D eigenvalue weighted by molar-refractivity contribution is 7.12. The molecule has 0 aliphatic carbocycles. The van der Waals surface area contributed by atoms with Crippen LogP contribution in [0.3, 0.4) is 0 Å². The molecule has 18 heavy (non-hydrogen) atoms. The smallest absolute Gasteiger partial charge is 0.246 e. The second-order valence-corrected chi connectivity index (χ2v) is 5.43. The maximum atomic E-state index is 11.8. The van der Waals surface area contributed by atoms with E-state index in [2.05, 4.69) is 0 Å². The fraction of sp³-hybridized carbons (Fsp3) is 0.462. The van der Waals surface area contributed by atoms with Crippen molar-refractivity contribution in [3.05, 3.63) is 28.0 Å². The van der Waals surface area contributed by atoms with Crippen LogP contribution in [0.1, 0.15) is 9.75 Å². The van der Waals surface area contributed by atoms with Crippen LogP contribution in [-0.2, 0) is 9.53 Å². The number of ether oxygens (including phenoxy) is 1. The minimum atomic E-state index is -0.652. The van der Waals surface area contributed by atoms with E-state index >= 15 is 0 Å². The lowest BCUT2D eigenvalue weighted by Gasteiger charge is -2.18. The summed E-state index contributed by atoms with van der Waals surface area (Å²) in [5.41, 5.74) is 0. The molecule has 0 aliphatic rings. The van der Waals surface area contributed by atoms with Gasteiger partial charge in [-0.15, -0.1) is 11.3 Å². The Morgan fingerprint density at radius 1 is 1.61 bits per heavy atom. The molecule has 5 heteroatoms. The lowest BCUT2D eigenvalue weighted by Crippen LogP contribution is -2.35. The van der Waals surface area contributed by atoms with Gasteiger partial charge in [0.1, 0.15) is 0 Å². The predicted octanol–water partition coefficient (Wildman–Crippen LogP) is 1.54. The number of nitrogens with zero attached hydrogens (tertiary/aromatic N) is 1. The van der Waals surface area contributed by atoms with Crippen molar-refractivity contribution >= 4 is 23.3 Å². The Balaban J connectivity index is 2.46. The van der Waals surface area contributed by atoms with Gasteiger partial charge in [0.25, 0.3) is 0 Å². The number of methoxy groups -OCH3 is 1. The molecular formula is C13H19NO3S. The van der Waals surface area contributed by atoms with Gasteiger partial charge in [0.05, 0.1) is 12.7 Å². The second kappa shape index (κ2) is 7.31. The minimum Gasteiger partial charge on any atom is -0.389 e. The summed E-state index contributed by atoms with van der Waals surface area (Å²) in [4.78, 5) is 15.5. The average molecular weight is 269 g/mol. The largest absolute Gasteiger partial charge is 0.389 e. The van der Waals surface area contributed by atoms with Crippen molar-refractivity contribution in [2.45, 2.75) is 13.0 Å². The molecule has 1 N–H and O–H groups in total. The number of amides is 1. The third-order valence-corrected chi connectivity index (χ3v) is 3.34. The van der Waals surface area contributed by atoms with Crippen LogP contribution in [0.5, 0.6) is 0 Å². The molecule has 1 heterocycles. The second-order valence-electron chi connectivity index (χ2n) is 4.11. The highest BCUT2D eigenvalue weighted by Crippen LogP contribution is 2.16. The Morgan fingerprint density at radius 3 is 2.89 bits per heavy atom. The molecule has 0 bridgehead atoms. The van der Waals surface area contributed by atoms with E-state index < -0.39 is 6.10 Å². The zero-order valence-corrected chi connectivity index (χ0v) is 11.7. The first-order chi connectivity index (χ1) is 8.52. The molecule has 1 rings (SSSR count). The number of hydrogen-bond acceptors (Lipinski definition) is 4. The van der Waals surface area contributed by atoms with Crippen LogP contribution < -0.4 is 0 Å². The van der Waals surface area contributed by atoms with Crippen LogP contribution in [0.15, 0.2) is 18.2 Å². The summed E-state index contributed by atoms with van der Waals surface area (Å²) in [5.74, 6) is -0.129. The summed E-state index contributed by atoms with van der Waals surface area (Å²) in [6.45, 7) is 2.52. The molecule has 1 aromatic rings. The molecule has 4 nitrogen and oxygen atoms in total. The van der Waals surface area contributed by atoms with Crippen LogP contribution in [0.4, 0.5) is 0 Å². The highest BCUT2D eigenvalue weighted by atomic mass is 32.1. The Morgan fingerprint density at radius 2 is 2.33 bits per heavy atom. The molecular weight excluding hydrogens is 250 g/mol. The van der Waals surface area contributed by atoms with Crippen molar-refractivity contribution in [2.75, 3.05) is 27.3 Å². The number of thiophene rings is 1. The molecule has 1 aromatic heterocycles. The van der Waals surface area contributed by atoms with Crippen molar-refractivity contribution in [1.82, 2.24) is 4.90 Å². The first-order valence-corrected chi connectivity index (χ1v) is 6.51. The Labute approximate surface area is 111 Å². The van der Waals surface area contributed by atoms with Crippen LogP contribution in [0.25, 0.3) is 6.08 Å². The van der Waals surface area contributed by atoms with E-state index in [1.54, 1.807) is 24.5 Å². The monoisotopic (exact) mass is 269 g/mol. The van der Waals surface area contributed by atoms with Crippen LogP contribution >= 0.6 is 11.3 Å². The minimum absolute atomic E-state index is 0.129. The summed E-state index contributed by atoms with van der Waals surface area (Å²) in [5, 5.41) is 9.52. The van der Waals surface area contributed by atoms with E-state index in [4.69, 9.17) is 4.74 Å². The number of aliphatic hydroxyl groups excluding tert-OH is 1. The predicted molar refractivity (Wildman–Crippen MR) is 73.6 cm³/mol. The summed E-state index contributed by atoms with van der Waals surface area (Å²) < 4.78 is 4.81. The van der Waals surface area contributed by atoms with E-state index in [-0.39, 0.29) is 19.1 Å². The van der Waals surface area contributed by atoms with Crippen molar-refractivity contribution in [3.8, 4) is 0 Å². The Kier molecular flexibility index (Phi) is 6.04. The lowest BCUT2D eigenvalue weighted by atomic mass is 10.3. The van der Waals surface area contributed by atoms with Gasteiger partial charge >= 0.3 is 0 Å². The average Bonchev–Trinajstić information content (AvgIpc) is 2.72. The first kappa shape index (κ1) is 14.9. The lowest BCUT2D eigenvalue weighted by molar-refractivity contribution is -0.126. The first-order valence-electron chi connectivity index (χ1n) is 5.69. The van der Waals surface area contributed by atoms with E-state index in [1.165, 1.54) is 23.0 Å². The van der Waals surface area contributed by atoms with Gasteiger partial charge in [-0.05, 0) is 25.1 Å². The van der Waals surface area contributed by atoms with Crippen LogP contribution in [0, 0.1) is 6.92 Å². The third-order valence-electron chi connectivity index (χ3n) is 2.37. The van der Waals surface area contributed by atoms with E-state index in [9.17, 15) is 9.90 Å². The van der Waals surface area contributed by atoms with Gasteiger partial charge in [0, 0.05) is 36.5 Å². The van der Waals surface area contributed by atoms with Gasteiger partial charge in [0.15, 0.2) is 0 Å². The van der Waals surface area contributed by atoms with Gasteiger partial charge in [-0.25, -0.2) is 0 Å². The highest BCUT2D eigenvalue weighted by Gasteiger charge is 2.11. The van der Waals surface area contributed by atoms with Gasteiger partial charge in [-0.2, -0.15) is 0 Å². The van der Waals surface area contributed by atoms with E-state index in [0.29, 0.717) is 0 Å². The van der Waals surface area contributed by atoms with E-state index in [0.717, 1.165) is 4.88 Å². The van der Waals surface area contributed by atoms with Crippen molar-refractivity contribution in [3.63, 3.8) is 0 Å². The SMILES string of the molecule is COCC(O)CN(C)C(=O)/C=C/c1ccc(C)s1. The molecule has 100 valence electrons. The van der Waals surface area contributed by atoms with Crippen LogP contribution in [0.2, 0.25) is 0 Å². The van der Waals surface area contributed by atoms with Crippen molar-refractivity contribution in [1.29, 1.82) is 0 Å². The van der Waals surface area contributed by atoms with E-state index in [1.807, 2.05) is 19.1 Å². The Bertz CT molecular complexity index is 414. The normalized spacial score (nSPS) is 12.9. The molecule has 0 radical (unpaired) electrons. The number of likely N-dealkylation sites (N-methyl/N-ethyl adjacent to an activating group) is 1. The summed E-state index contributed by atoms with van der Waals surface area (Å²) >= 11 is 1.64. The van der Waals surface area contributed by atoms with Gasteiger partial charge in [-0.3, -0.25) is 4.79 Å². The molecule has 0 saturated heterocycles. The summed E-state index contributed by atoms with van der Waals surface area (Å²) in [7, 11) is 3.18.